The summed E-state index contributed by atoms with van der Waals surface area (Å²) >= 11 is 3.57. The van der Waals surface area contributed by atoms with Gasteiger partial charge < -0.3 is 15.0 Å². The van der Waals surface area contributed by atoms with Gasteiger partial charge >= 0.3 is 0 Å². The van der Waals surface area contributed by atoms with Crippen molar-refractivity contribution in [1.82, 2.24) is 9.88 Å². The third-order valence-corrected chi connectivity index (χ3v) is 5.17. The standard InChI is InChI=1S/C22H21BrN2O/c23-17-10-11-22-20(12-17)19-8-4-5-9-21(19)25(22)15-18(26)14-24-13-16-6-2-1-3-7-16/h1-12,18,24,26H,13-15H2. The van der Waals surface area contributed by atoms with Crippen LogP contribution in [-0.4, -0.2) is 22.3 Å². The van der Waals surface area contributed by atoms with Gasteiger partial charge in [-0.2, -0.15) is 0 Å². The van der Waals surface area contributed by atoms with Crippen molar-refractivity contribution < 1.29 is 5.11 Å². The van der Waals surface area contributed by atoms with Gasteiger partial charge in [-0.3, -0.25) is 0 Å². The largest absolute Gasteiger partial charge is 0.390 e. The van der Waals surface area contributed by atoms with Crippen LogP contribution in [0.25, 0.3) is 21.8 Å². The monoisotopic (exact) mass is 408 g/mol. The number of nitrogens with zero attached hydrogens (tertiary/aromatic N) is 1. The van der Waals surface area contributed by atoms with Gasteiger partial charge in [-0.1, -0.05) is 64.5 Å². The average Bonchev–Trinajstić information content (AvgIpc) is 2.96. The fraction of sp³-hybridized carbons (Fsp3) is 0.182. The molecule has 1 aromatic heterocycles. The molecule has 0 fully saturated rings. The molecule has 4 heteroatoms. The molecule has 2 N–H and O–H groups in total. The highest BCUT2D eigenvalue weighted by Crippen LogP contribution is 2.31. The first kappa shape index (κ1) is 17.3. The fourth-order valence-corrected chi connectivity index (χ4v) is 3.84. The van der Waals surface area contributed by atoms with E-state index in [0.717, 1.165) is 22.1 Å². The molecule has 0 saturated carbocycles. The Labute approximate surface area is 161 Å². The summed E-state index contributed by atoms with van der Waals surface area (Å²) in [6.45, 7) is 1.88. The predicted octanol–water partition coefficient (Wildman–Crippen LogP) is 4.71. The molecule has 1 unspecified atom stereocenters. The molecule has 1 heterocycles. The number of aromatic nitrogens is 1. The SMILES string of the molecule is OC(CNCc1ccccc1)Cn1c2ccccc2c2cc(Br)ccc21. The molecule has 0 radical (unpaired) electrons. The van der Waals surface area contributed by atoms with Crippen molar-refractivity contribution in [3.63, 3.8) is 0 Å². The number of nitrogens with one attached hydrogen (secondary N) is 1. The second kappa shape index (κ2) is 7.62. The summed E-state index contributed by atoms with van der Waals surface area (Å²) in [4.78, 5) is 0. The number of para-hydroxylation sites is 1. The Bertz CT molecular complexity index is 1030. The highest BCUT2D eigenvalue weighted by atomic mass is 79.9. The maximum Gasteiger partial charge on any atom is 0.0843 e. The number of aliphatic hydroxyl groups is 1. The summed E-state index contributed by atoms with van der Waals surface area (Å²) in [6.07, 6.45) is -0.457. The zero-order valence-corrected chi connectivity index (χ0v) is 16.0. The molecule has 0 spiro atoms. The molecule has 0 bridgehead atoms. The van der Waals surface area contributed by atoms with Crippen LogP contribution in [0.5, 0.6) is 0 Å². The third kappa shape index (κ3) is 3.54. The van der Waals surface area contributed by atoms with Crippen molar-refractivity contribution in [2.75, 3.05) is 6.54 Å². The lowest BCUT2D eigenvalue weighted by Gasteiger charge is -2.15. The van der Waals surface area contributed by atoms with Gasteiger partial charge in [0.2, 0.25) is 0 Å². The second-order valence-corrected chi connectivity index (χ2v) is 7.48. The summed E-state index contributed by atoms with van der Waals surface area (Å²) < 4.78 is 3.28. The molecule has 4 aromatic rings. The highest BCUT2D eigenvalue weighted by Gasteiger charge is 2.13. The Morgan fingerprint density at radius 2 is 1.62 bits per heavy atom. The zero-order valence-electron chi connectivity index (χ0n) is 14.4. The maximum atomic E-state index is 10.6. The van der Waals surface area contributed by atoms with E-state index in [1.54, 1.807) is 0 Å². The first-order chi connectivity index (χ1) is 12.7. The van der Waals surface area contributed by atoms with E-state index in [-0.39, 0.29) is 0 Å². The summed E-state index contributed by atoms with van der Waals surface area (Å²) in [7, 11) is 0. The molecule has 1 atom stereocenters. The molecule has 0 aliphatic carbocycles. The number of aliphatic hydroxyl groups excluding tert-OH is 1. The number of halogens is 1. The molecule has 0 amide bonds. The Kier molecular flexibility index (Phi) is 5.07. The average molecular weight is 409 g/mol. The minimum Gasteiger partial charge on any atom is -0.390 e. The Morgan fingerprint density at radius 3 is 2.46 bits per heavy atom. The van der Waals surface area contributed by atoms with Crippen LogP contribution in [0, 0.1) is 0 Å². The van der Waals surface area contributed by atoms with Crippen LogP contribution in [0.4, 0.5) is 0 Å². The van der Waals surface area contributed by atoms with Crippen LogP contribution in [0.15, 0.2) is 77.3 Å². The van der Waals surface area contributed by atoms with Crippen molar-refractivity contribution in [1.29, 1.82) is 0 Å². The number of hydrogen-bond acceptors (Lipinski definition) is 2. The van der Waals surface area contributed by atoms with E-state index in [9.17, 15) is 5.11 Å². The van der Waals surface area contributed by atoms with Gasteiger partial charge in [0.25, 0.3) is 0 Å². The van der Waals surface area contributed by atoms with Crippen LogP contribution >= 0.6 is 15.9 Å². The van der Waals surface area contributed by atoms with Crippen LogP contribution in [0.2, 0.25) is 0 Å². The van der Waals surface area contributed by atoms with Crippen molar-refractivity contribution in [3.05, 3.63) is 82.8 Å². The van der Waals surface area contributed by atoms with Crippen molar-refractivity contribution in [2.45, 2.75) is 19.2 Å². The Hall–Kier alpha value is -2.14. The van der Waals surface area contributed by atoms with Crippen LogP contribution in [-0.2, 0) is 13.1 Å². The Morgan fingerprint density at radius 1 is 0.885 bits per heavy atom. The van der Waals surface area contributed by atoms with Gasteiger partial charge in [-0.25, -0.2) is 0 Å². The molecular formula is C22H21BrN2O. The van der Waals surface area contributed by atoms with E-state index in [0.29, 0.717) is 13.1 Å². The predicted molar refractivity (Wildman–Crippen MR) is 111 cm³/mol. The lowest BCUT2D eigenvalue weighted by atomic mass is 10.2. The topological polar surface area (TPSA) is 37.2 Å². The molecule has 4 rings (SSSR count). The normalized spacial score (nSPS) is 12.7. The number of benzene rings is 3. The number of fused-ring (bicyclic) bond motifs is 3. The van der Waals surface area contributed by atoms with Crippen LogP contribution in [0.3, 0.4) is 0 Å². The van der Waals surface area contributed by atoms with Gasteiger partial charge in [0.1, 0.15) is 0 Å². The number of rotatable bonds is 6. The molecule has 132 valence electrons. The van der Waals surface area contributed by atoms with E-state index in [1.807, 2.05) is 24.3 Å². The van der Waals surface area contributed by atoms with E-state index >= 15 is 0 Å². The zero-order chi connectivity index (χ0) is 17.9. The first-order valence-corrected chi connectivity index (χ1v) is 9.61. The molecule has 3 aromatic carbocycles. The second-order valence-electron chi connectivity index (χ2n) is 6.56. The Balaban J connectivity index is 1.54. The minimum atomic E-state index is -0.457. The summed E-state index contributed by atoms with van der Waals surface area (Å²) in [6, 6.07) is 24.9. The lowest BCUT2D eigenvalue weighted by molar-refractivity contribution is 0.154. The smallest absolute Gasteiger partial charge is 0.0843 e. The summed E-state index contributed by atoms with van der Waals surface area (Å²) in [5.41, 5.74) is 3.53. The third-order valence-electron chi connectivity index (χ3n) is 4.68. The molecule has 3 nitrogen and oxygen atoms in total. The highest BCUT2D eigenvalue weighted by molar-refractivity contribution is 9.10. The van der Waals surface area contributed by atoms with Gasteiger partial charge in [0.15, 0.2) is 0 Å². The molecule has 26 heavy (non-hydrogen) atoms. The van der Waals surface area contributed by atoms with Crippen LogP contribution < -0.4 is 5.32 Å². The first-order valence-electron chi connectivity index (χ1n) is 8.81. The molecular weight excluding hydrogens is 388 g/mol. The minimum absolute atomic E-state index is 0.457. The van der Waals surface area contributed by atoms with Gasteiger partial charge in [-0.05, 0) is 29.8 Å². The van der Waals surface area contributed by atoms with Gasteiger partial charge in [-0.15, -0.1) is 0 Å². The van der Waals surface area contributed by atoms with E-state index in [4.69, 9.17) is 0 Å². The van der Waals surface area contributed by atoms with E-state index in [1.165, 1.54) is 16.3 Å². The van der Waals surface area contributed by atoms with E-state index in [2.05, 4.69) is 74.3 Å². The van der Waals surface area contributed by atoms with E-state index < -0.39 is 6.10 Å². The fourth-order valence-electron chi connectivity index (χ4n) is 3.48. The quantitative estimate of drug-likeness (QED) is 0.484. The van der Waals surface area contributed by atoms with Gasteiger partial charge in [0, 0.05) is 39.4 Å². The molecule has 0 aliphatic heterocycles. The lowest BCUT2D eigenvalue weighted by Crippen LogP contribution is -2.29. The summed E-state index contributed by atoms with van der Waals surface area (Å²) in [5, 5.41) is 16.4. The molecule has 0 saturated heterocycles. The maximum absolute atomic E-state index is 10.6. The number of hydrogen-bond donors (Lipinski definition) is 2. The molecule has 0 aliphatic rings. The summed E-state index contributed by atoms with van der Waals surface area (Å²) in [5.74, 6) is 0. The van der Waals surface area contributed by atoms with Crippen molar-refractivity contribution >= 4 is 37.7 Å². The van der Waals surface area contributed by atoms with Crippen molar-refractivity contribution in [2.24, 2.45) is 0 Å². The van der Waals surface area contributed by atoms with Crippen LogP contribution in [0.1, 0.15) is 5.56 Å². The van der Waals surface area contributed by atoms with Crippen molar-refractivity contribution in [3.8, 4) is 0 Å². The van der Waals surface area contributed by atoms with Gasteiger partial charge in [0.05, 0.1) is 12.6 Å².